The van der Waals surface area contributed by atoms with Crippen LogP contribution in [-0.4, -0.2) is 18.1 Å². The molecule has 4 heteroatoms. The highest BCUT2D eigenvalue weighted by molar-refractivity contribution is 5.81. The quantitative estimate of drug-likeness (QED) is 0.771. The molecule has 0 spiro atoms. The number of esters is 1. The van der Waals surface area contributed by atoms with E-state index in [0.717, 1.165) is 10.9 Å². The molecule has 0 saturated carbocycles. The van der Waals surface area contributed by atoms with Crippen LogP contribution in [0.2, 0.25) is 0 Å². The number of hydrogen-bond acceptors (Lipinski definition) is 4. The Bertz CT molecular complexity index is 525. The van der Waals surface area contributed by atoms with E-state index in [-0.39, 0.29) is 0 Å². The third-order valence-corrected chi connectivity index (χ3v) is 2.39. The lowest BCUT2D eigenvalue weighted by molar-refractivity contribution is -0.142. The van der Waals surface area contributed by atoms with Gasteiger partial charge in [-0.25, -0.2) is 4.79 Å². The van der Waals surface area contributed by atoms with Crippen LogP contribution < -0.4 is 5.73 Å². The van der Waals surface area contributed by atoms with Crippen LogP contribution in [0.4, 0.5) is 0 Å². The number of nitrogens with two attached hydrogens (primary N) is 1. The van der Waals surface area contributed by atoms with Gasteiger partial charge < -0.3 is 10.5 Å². The first-order valence-corrected chi connectivity index (χ1v) is 4.91. The maximum Gasteiger partial charge on any atom is 0.328 e. The van der Waals surface area contributed by atoms with Gasteiger partial charge in [-0.05, 0) is 12.1 Å². The second-order valence-corrected chi connectivity index (χ2v) is 3.43. The molecule has 0 unspecified atom stereocenters. The second-order valence-electron chi connectivity index (χ2n) is 3.43. The number of para-hydroxylation sites is 1. The smallest absolute Gasteiger partial charge is 0.328 e. The summed E-state index contributed by atoms with van der Waals surface area (Å²) in [4.78, 5) is 15.6. The molecule has 2 N–H and O–H groups in total. The summed E-state index contributed by atoms with van der Waals surface area (Å²) in [5.41, 5.74) is 7.04. The van der Waals surface area contributed by atoms with Crippen LogP contribution in [0.1, 0.15) is 11.7 Å². The van der Waals surface area contributed by atoms with E-state index in [1.54, 1.807) is 6.07 Å². The molecule has 1 atom stereocenters. The summed E-state index contributed by atoms with van der Waals surface area (Å²) in [5, 5.41) is 1.02. The standard InChI is InChI=1S/C12H12N2O2/c1-16-12(15)11(13)10-7-6-8-4-2-3-5-9(8)14-10/h2-7,11H,13H2,1H3/t11-/m0/s1. The summed E-state index contributed by atoms with van der Waals surface area (Å²) in [6.07, 6.45) is 0. The molecule has 0 amide bonds. The summed E-state index contributed by atoms with van der Waals surface area (Å²) >= 11 is 0. The van der Waals surface area contributed by atoms with E-state index in [1.165, 1.54) is 7.11 Å². The van der Waals surface area contributed by atoms with E-state index in [2.05, 4.69) is 9.72 Å². The van der Waals surface area contributed by atoms with Gasteiger partial charge in [0.2, 0.25) is 0 Å². The van der Waals surface area contributed by atoms with E-state index in [9.17, 15) is 4.79 Å². The predicted molar refractivity (Wildman–Crippen MR) is 60.7 cm³/mol. The van der Waals surface area contributed by atoms with Gasteiger partial charge in [0.1, 0.15) is 6.04 Å². The average molecular weight is 216 g/mol. The molecular weight excluding hydrogens is 204 g/mol. The third kappa shape index (κ3) is 1.87. The average Bonchev–Trinajstić information content (AvgIpc) is 2.36. The van der Waals surface area contributed by atoms with Gasteiger partial charge in [-0.1, -0.05) is 24.3 Å². The molecule has 1 aromatic carbocycles. The minimum Gasteiger partial charge on any atom is -0.468 e. The Morgan fingerprint density at radius 2 is 2.06 bits per heavy atom. The van der Waals surface area contributed by atoms with E-state index < -0.39 is 12.0 Å². The number of carbonyl (C=O) groups is 1. The number of pyridine rings is 1. The highest BCUT2D eigenvalue weighted by Gasteiger charge is 2.17. The molecule has 0 aliphatic rings. The Hall–Kier alpha value is -1.94. The molecule has 2 aromatic rings. The van der Waals surface area contributed by atoms with Crippen LogP contribution in [-0.2, 0) is 9.53 Å². The van der Waals surface area contributed by atoms with Crippen molar-refractivity contribution in [2.45, 2.75) is 6.04 Å². The van der Waals surface area contributed by atoms with Gasteiger partial charge in [-0.3, -0.25) is 4.98 Å². The number of nitrogens with zero attached hydrogens (tertiary/aromatic N) is 1. The Morgan fingerprint density at radius 3 is 2.81 bits per heavy atom. The highest BCUT2D eigenvalue weighted by atomic mass is 16.5. The van der Waals surface area contributed by atoms with Crippen LogP contribution in [0.3, 0.4) is 0 Å². The fourth-order valence-corrected chi connectivity index (χ4v) is 1.50. The molecule has 1 heterocycles. The van der Waals surface area contributed by atoms with Gasteiger partial charge in [0.25, 0.3) is 0 Å². The first kappa shape index (κ1) is 10.6. The molecule has 0 aliphatic carbocycles. The van der Waals surface area contributed by atoms with Crippen molar-refractivity contribution in [3.63, 3.8) is 0 Å². The molecule has 0 aliphatic heterocycles. The van der Waals surface area contributed by atoms with Crippen molar-refractivity contribution in [3.05, 3.63) is 42.1 Å². The number of hydrogen-bond donors (Lipinski definition) is 1. The largest absolute Gasteiger partial charge is 0.468 e. The molecule has 1 aromatic heterocycles. The minimum absolute atomic E-state index is 0.484. The Balaban J connectivity index is 2.43. The molecular formula is C12H12N2O2. The van der Waals surface area contributed by atoms with Gasteiger partial charge in [0.15, 0.2) is 0 Å². The Kier molecular flexibility index (Phi) is 2.83. The second kappa shape index (κ2) is 4.28. The van der Waals surface area contributed by atoms with Gasteiger partial charge in [0, 0.05) is 5.39 Å². The topological polar surface area (TPSA) is 65.2 Å². The maximum atomic E-state index is 11.3. The van der Waals surface area contributed by atoms with Gasteiger partial charge in [0.05, 0.1) is 18.3 Å². The summed E-state index contributed by atoms with van der Waals surface area (Å²) in [6, 6.07) is 10.5. The molecule has 0 bridgehead atoms. The number of benzene rings is 1. The van der Waals surface area contributed by atoms with Crippen LogP contribution >= 0.6 is 0 Å². The van der Waals surface area contributed by atoms with E-state index in [0.29, 0.717) is 5.69 Å². The zero-order valence-corrected chi connectivity index (χ0v) is 8.88. The summed E-state index contributed by atoms with van der Waals surface area (Å²) in [7, 11) is 1.31. The zero-order valence-electron chi connectivity index (χ0n) is 8.88. The summed E-state index contributed by atoms with van der Waals surface area (Å²) < 4.78 is 4.57. The van der Waals surface area contributed by atoms with Crippen molar-refractivity contribution in [3.8, 4) is 0 Å². The van der Waals surface area contributed by atoms with E-state index in [4.69, 9.17) is 5.73 Å². The number of methoxy groups -OCH3 is 1. The monoisotopic (exact) mass is 216 g/mol. The number of rotatable bonds is 2. The number of fused-ring (bicyclic) bond motifs is 1. The minimum atomic E-state index is -0.824. The van der Waals surface area contributed by atoms with E-state index in [1.807, 2.05) is 30.3 Å². The summed E-state index contributed by atoms with van der Waals surface area (Å²) in [5.74, 6) is -0.484. The predicted octanol–water partition coefficient (Wildman–Crippen LogP) is 1.41. The van der Waals surface area contributed by atoms with Gasteiger partial charge in [-0.15, -0.1) is 0 Å². The molecule has 0 fully saturated rings. The van der Waals surface area contributed by atoms with Crippen LogP contribution in [0.25, 0.3) is 10.9 Å². The number of carbonyl (C=O) groups excluding carboxylic acids is 1. The Morgan fingerprint density at radius 1 is 1.31 bits per heavy atom. The lowest BCUT2D eigenvalue weighted by atomic mass is 10.1. The SMILES string of the molecule is COC(=O)[C@@H](N)c1ccc2ccccc2n1. The summed E-state index contributed by atoms with van der Waals surface area (Å²) in [6.45, 7) is 0. The number of aromatic nitrogens is 1. The van der Waals surface area contributed by atoms with Crippen molar-refractivity contribution in [2.24, 2.45) is 5.73 Å². The molecule has 16 heavy (non-hydrogen) atoms. The van der Waals surface area contributed by atoms with Crippen LogP contribution in [0.5, 0.6) is 0 Å². The fourth-order valence-electron chi connectivity index (χ4n) is 1.50. The van der Waals surface area contributed by atoms with Crippen LogP contribution in [0.15, 0.2) is 36.4 Å². The Labute approximate surface area is 93.0 Å². The fraction of sp³-hybridized carbons (Fsp3) is 0.167. The normalized spacial score (nSPS) is 12.4. The highest BCUT2D eigenvalue weighted by Crippen LogP contribution is 2.15. The number of ether oxygens (including phenoxy) is 1. The van der Waals surface area contributed by atoms with Crippen molar-refractivity contribution in [1.82, 2.24) is 4.98 Å². The van der Waals surface area contributed by atoms with Gasteiger partial charge >= 0.3 is 5.97 Å². The lowest BCUT2D eigenvalue weighted by Crippen LogP contribution is -2.23. The lowest BCUT2D eigenvalue weighted by Gasteiger charge is -2.09. The van der Waals surface area contributed by atoms with Crippen molar-refractivity contribution < 1.29 is 9.53 Å². The molecule has 82 valence electrons. The first-order chi connectivity index (χ1) is 7.72. The molecule has 0 saturated heterocycles. The van der Waals surface area contributed by atoms with Crippen molar-refractivity contribution >= 4 is 16.9 Å². The molecule has 4 nitrogen and oxygen atoms in total. The van der Waals surface area contributed by atoms with Crippen molar-refractivity contribution in [1.29, 1.82) is 0 Å². The van der Waals surface area contributed by atoms with E-state index >= 15 is 0 Å². The van der Waals surface area contributed by atoms with Crippen LogP contribution in [0, 0.1) is 0 Å². The van der Waals surface area contributed by atoms with Gasteiger partial charge in [-0.2, -0.15) is 0 Å². The molecule has 2 rings (SSSR count). The molecule has 0 radical (unpaired) electrons. The van der Waals surface area contributed by atoms with Crippen molar-refractivity contribution in [2.75, 3.05) is 7.11 Å². The first-order valence-electron chi connectivity index (χ1n) is 4.91. The zero-order chi connectivity index (χ0) is 11.5. The maximum absolute atomic E-state index is 11.3. The third-order valence-electron chi connectivity index (χ3n) is 2.39.